The van der Waals surface area contributed by atoms with Crippen LogP contribution in [0.4, 0.5) is 0 Å². The van der Waals surface area contributed by atoms with E-state index in [0.717, 1.165) is 11.1 Å². The molecular weight excluding hydrogens is 331 g/mol. The maximum absolute atomic E-state index is 3.72. The van der Waals surface area contributed by atoms with Crippen molar-refractivity contribution in [2.24, 2.45) is 0 Å². The second kappa shape index (κ2) is 12.2. The minimum absolute atomic E-state index is 0. The van der Waals surface area contributed by atoms with Crippen LogP contribution in [0.3, 0.4) is 0 Å². The van der Waals surface area contributed by atoms with Gasteiger partial charge in [0.2, 0.25) is 0 Å². The van der Waals surface area contributed by atoms with E-state index in [2.05, 4.69) is 32.9 Å². The fraction of sp³-hybridized carbons (Fsp3) is 0.0500. The predicted molar refractivity (Wildman–Crippen MR) is 88.6 cm³/mol. The molecular formula is C20H21Zr. The molecule has 0 heterocycles. The largest absolute Gasteiger partial charge is 3.00 e. The van der Waals surface area contributed by atoms with Crippen molar-refractivity contribution in [3.63, 3.8) is 0 Å². The van der Waals surface area contributed by atoms with Crippen molar-refractivity contribution in [2.75, 3.05) is 0 Å². The fourth-order valence-corrected chi connectivity index (χ4v) is 1.43. The number of hydrogen-bond donors (Lipinski definition) is 0. The molecule has 0 amide bonds. The molecule has 0 unspecified atom stereocenters. The molecule has 3 aromatic carbocycles. The normalized spacial score (nSPS) is 8.24. The SMILES string of the molecule is Cc1cc[cH-]c1.[CH2-]c1ccccc1.[CH2-]c1ccccc1.[Zr+3]. The van der Waals surface area contributed by atoms with Crippen molar-refractivity contribution in [3.8, 4) is 0 Å². The molecule has 0 nitrogen and oxygen atoms in total. The molecule has 0 bridgehead atoms. The van der Waals surface area contributed by atoms with Crippen molar-refractivity contribution >= 4 is 0 Å². The van der Waals surface area contributed by atoms with Crippen molar-refractivity contribution in [1.29, 1.82) is 0 Å². The Morgan fingerprint density at radius 2 is 1.14 bits per heavy atom. The zero-order chi connectivity index (χ0) is 14.6. The average molecular weight is 353 g/mol. The summed E-state index contributed by atoms with van der Waals surface area (Å²) in [5.41, 5.74) is 3.49. The summed E-state index contributed by atoms with van der Waals surface area (Å²) in [5.74, 6) is 0. The van der Waals surface area contributed by atoms with Gasteiger partial charge in [-0.15, -0.1) is 24.3 Å². The monoisotopic (exact) mass is 351 g/mol. The van der Waals surface area contributed by atoms with Gasteiger partial charge in [0.15, 0.2) is 0 Å². The Balaban J connectivity index is 0.000000280. The van der Waals surface area contributed by atoms with Crippen LogP contribution in [-0.2, 0) is 26.2 Å². The number of rotatable bonds is 0. The number of benzene rings is 2. The quantitative estimate of drug-likeness (QED) is 0.472. The first-order chi connectivity index (χ1) is 9.68. The zero-order valence-corrected chi connectivity index (χ0v) is 15.0. The molecule has 105 valence electrons. The molecule has 0 atom stereocenters. The van der Waals surface area contributed by atoms with Crippen LogP contribution in [0.2, 0.25) is 0 Å². The van der Waals surface area contributed by atoms with Gasteiger partial charge < -0.3 is 0 Å². The van der Waals surface area contributed by atoms with E-state index in [-0.39, 0.29) is 26.2 Å². The van der Waals surface area contributed by atoms with E-state index >= 15 is 0 Å². The summed E-state index contributed by atoms with van der Waals surface area (Å²) in [6.45, 7) is 9.52. The first-order valence-electron chi connectivity index (χ1n) is 6.61. The van der Waals surface area contributed by atoms with E-state index in [4.69, 9.17) is 0 Å². The summed E-state index contributed by atoms with van der Waals surface area (Å²) in [7, 11) is 0. The van der Waals surface area contributed by atoms with Crippen LogP contribution in [0.1, 0.15) is 16.7 Å². The molecule has 0 aliphatic carbocycles. The summed E-state index contributed by atoms with van der Waals surface area (Å²) in [5, 5.41) is 0. The van der Waals surface area contributed by atoms with Crippen LogP contribution in [0.25, 0.3) is 0 Å². The minimum atomic E-state index is 0. The second-order valence-corrected chi connectivity index (χ2v) is 4.43. The van der Waals surface area contributed by atoms with Crippen LogP contribution >= 0.6 is 0 Å². The van der Waals surface area contributed by atoms with Gasteiger partial charge in [0.25, 0.3) is 0 Å². The van der Waals surface area contributed by atoms with E-state index in [1.165, 1.54) is 5.56 Å². The van der Waals surface area contributed by atoms with E-state index in [9.17, 15) is 0 Å². The Morgan fingerprint density at radius 1 is 0.714 bits per heavy atom. The minimum Gasteiger partial charge on any atom is -0.211 e. The van der Waals surface area contributed by atoms with E-state index < -0.39 is 0 Å². The third kappa shape index (κ3) is 10.8. The third-order valence-electron chi connectivity index (χ3n) is 2.51. The number of aryl methyl sites for hydroxylation is 1. The molecule has 0 N–H and O–H groups in total. The molecule has 0 aliphatic heterocycles. The van der Waals surface area contributed by atoms with Gasteiger partial charge in [-0.2, -0.15) is 67.4 Å². The standard InChI is InChI=1S/2C7H7.C6H7.Zr/c2*1-7-5-3-2-4-6-7;1-6-4-2-3-5-6;/h2*2-6H,1H2;2-5H,1H3;/q3*-1;+3. The van der Waals surface area contributed by atoms with E-state index in [1.807, 2.05) is 72.8 Å². The molecule has 0 spiro atoms. The van der Waals surface area contributed by atoms with Gasteiger partial charge in [-0.1, -0.05) is 19.1 Å². The van der Waals surface area contributed by atoms with Gasteiger partial charge >= 0.3 is 26.2 Å². The zero-order valence-electron chi connectivity index (χ0n) is 12.5. The van der Waals surface area contributed by atoms with Gasteiger partial charge in [0.05, 0.1) is 0 Å². The van der Waals surface area contributed by atoms with Gasteiger partial charge in [-0.05, 0) is 0 Å². The molecule has 0 aliphatic rings. The molecule has 0 aromatic heterocycles. The van der Waals surface area contributed by atoms with Crippen LogP contribution in [0.15, 0.2) is 84.9 Å². The average Bonchev–Trinajstić information content (AvgIpc) is 2.93. The first kappa shape index (κ1) is 19.4. The van der Waals surface area contributed by atoms with Gasteiger partial charge in [-0.25, -0.2) is 11.6 Å². The summed E-state index contributed by atoms with van der Waals surface area (Å²) < 4.78 is 0. The molecule has 0 saturated heterocycles. The van der Waals surface area contributed by atoms with Crippen LogP contribution < -0.4 is 0 Å². The Kier molecular flexibility index (Phi) is 11.3. The van der Waals surface area contributed by atoms with Crippen LogP contribution in [-0.4, -0.2) is 0 Å². The van der Waals surface area contributed by atoms with Crippen molar-refractivity contribution in [3.05, 3.63) is 115 Å². The van der Waals surface area contributed by atoms with Gasteiger partial charge in [0.1, 0.15) is 0 Å². The Hall–Kier alpha value is -1.59. The Labute approximate surface area is 148 Å². The summed E-state index contributed by atoms with van der Waals surface area (Å²) in [6.07, 6.45) is 0. The maximum Gasteiger partial charge on any atom is 3.00 e. The van der Waals surface area contributed by atoms with E-state index in [1.54, 1.807) is 0 Å². The van der Waals surface area contributed by atoms with E-state index in [0.29, 0.717) is 0 Å². The predicted octanol–water partition coefficient (Wildman–Crippen LogP) is 5.45. The molecule has 1 radical (unpaired) electrons. The molecule has 0 saturated carbocycles. The topological polar surface area (TPSA) is 0 Å². The smallest absolute Gasteiger partial charge is 0.211 e. The van der Waals surface area contributed by atoms with Gasteiger partial charge in [0, 0.05) is 0 Å². The third-order valence-corrected chi connectivity index (χ3v) is 2.51. The summed E-state index contributed by atoms with van der Waals surface area (Å²) in [6, 6.07) is 28.0. The van der Waals surface area contributed by atoms with Crippen molar-refractivity contribution in [2.45, 2.75) is 6.92 Å². The maximum atomic E-state index is 3.72. The summed E-state index contributed by atoms with van der Waals surface area (Å²) >= 11 is 0. The second-order valence-electron chi connectivity index (χ2n) is 4.43. The first-order valence-corrected chi connectivity index (χ1v) is 6.61. The molecule has 21 heavy (non-hydrogen) atoms. The molecule has 3 aromatic rings. The fourth-order valence-electron chi connectivity index (χ4n) is 1.43. The Morgan fingerprint density at radius 3 is 1.29 bits per heavy atom. The van der Waals surface area contributed by atoms with Gasteiger partial charge in [-0.3, -0.25) is 0 Å². The molecule has 3 rings (SSSR count). The molecule has 1 heteroatoms. The van der Waals surface area contributed by atoms with Crippen LogP contribution in [0.5, 0.6) is 0 Å². The summed E-state index contributed by atoms with van der Waals surface area (Å²) in [4.78, 5) is 0. The Bertz CT molecular complexity index is 501. The number of hydrogen-bond acceptors (Lipinski definition) is 0. The molecule has 0 fully saturated rings. The van der Waals surface area contributed by atoms with Crippen molar-refractivity contribution in [1.82, 2.24) is 0 Å². The van der Waals surface area contributed by atoms with Crippen LogP contribution in [0, 0.1) is 20.8 Å². The van der Waals surface area contributed by atoms with Crippen molar-refractivity contribution < 1.29 is 26.2 Å².